The molecule has 60 heavy (non-hydrogen) atoms. The number of allylic oxidation sites excluding steroid dienone is 7. The lowest BCUT2D eigenvalue weighted by Crippen LogP contribution is -2.45. The van der Waals surface area contributed by atoms with Crippen LogP contribution in [0, 0.1) is 0 Å². The average molecular weight is 842 g/mol. The Kier molecular flexibility index (Phi) is 48.6. The molecule has 0 saturated carbocycles. The monoisotopic (exact) mass is 842 g/mol. The van der Waals surface area contributed by atoms with Crippen LogP contribution in [0.15, 0.2) is 48.6 Å². The van der Waals surface area contributed by atoms with Crippen molar-refractivity contribution in [2.24, 2.45) is 0 Å². The quantitative estimate of drug-likeness (QED) is 0.0363. The van der Waals surface area contributed by atoms with Crippen LogP contribution in [0.25, 0.3) is 0 Å². The molecule has 0 aromatic carbocycles. The van der Waals surface area contributed by atoms with Gasteiger partial charge < -0.3 is 20.6 Å². The highest BCUT2D eigenvalue weighted by Crippen LogP contribution is 2.17. The summed E-state index contributed by atoms with van der Waals surface area (Å²) in [5.74, 6) is -0.329. The first kappa shape index (κ1) is 58.3. The van der Waals surface area contributed by atoms with Crippen LogP contribution in [-0.2, 0) is 4.79 Å². The highest BCUT2D eigenvalue weighted by Gasteiger charge is 2.20. The second-order valence-corrected chi connectivity index (χ2v) is 18.1. The first-order valence-corrected chi connectivity index (χ1v) is 26.4. The highest BCUT2D eigenvalue weighted by molar-refractivity contribution is 5.76. The van der Waals surface area contributed by atoms with Gasteiger partial charge in [0, 0.05) is 0 Å². The predicted octanol–water partition coefficient (Wildman–Crippen LogP) is 16.1. The molecule has 4 N–H and O–H groups in total. The molecule has 0 aliphatic carbocycles. The summed E-state index contributed by atoms with van der Waals surface area (Å²) in [6, 6.07) is -0.767. The maximum atomic E-state index is 12.4. The number of amides is 1. The Bertz CT molecular complexity index is 974. The second kappa shape index (κ2) is 50.0. The molecule has 0 aliphatic heterocycles. The number of aliphatic hydroxyl groups is 3. The summed E-state index contributed by atoms with van der Waals surface area (Å²) < 4.78 is 0. The highest BCUT2D eigenvalue weighted by atomic mass is 16.3. The summed E-state index contributed by atoms with van der Waals surface area (Å²) >= 11 is 0. The average Bonchev–Trinajstić information content (AvgIpc) is 3.24. The molecule has 1 amide bonds. The third-order valence-corrected chi connectivity index (χ3v) is 12.1. The molecular weight excluding hydrogens is 739 g/mol. The normalized spacial score (nSPS) is 13.8. The van der Waals surface area contributed by atoms with E-state index in [1.165, 1.54) is 205 Å². The van der Waals surface area contributed by atoms with E-state index in [-0.39, 0.29) is 18.9 Å². The van der Waals surface area contributed by atoms with Crippen LogP contribution in [-0.4, -0.2) is 46.1 Å². The maximum absolute atomic E-state index is 12.4. The molecule has 352 valence electrons. The zero-order chi connectivity index (χ0) is 43.7. The van der Waals surface area contributed by atoms with E-state index in [2.05, 4.69) is 55.6 Å². The van der Waals surface area contributed by atoms with Crippen LogP contribution < -0.4 is 5.32 Å². The van der Waals surface area contributed by atoms with Gasteiger partial charge in [-0.3, -0.25) is 4.79 Å². The fourth-order valence-electron chi connectivity index (χ4n) is 8.00. The Morgan fingerprint density at radius 3 is 1.12 bits per heavy atom. The Morgan fingerprint density at radius 1 is 0.417 bits per heavy atom. The number of carbonyl (C=O) groups is 1. The predicted molar refractivity (Wildman–Crippen MR) is 264 cm³/mol. The van der Waals surface area contributed by atoms with E-state index in [0.717, 1.165) is 38.5 Å². The Labute approximate surface area is 374 Å². The van der Waals surface area contributed by atoms with Crippen LogP contribution >= 0.6 is 0 Å². The number of nitrogens with one attached hydrogen (secondary N) is 1. The van der Waals surface area contributed by atoms with E-state index in [1.807, 2.05) is 6.08 Å². The topological polar surface area (TPSA) is 89.8 Å². The van der Waals surface area contributed by atoms with Crippen molar-refractivity contribution in [3.05, 3.63) is 48.6 Å². The molecule has 0 saturated heterocycles. The maximum Gasteiger partial charge on any atom is 0.222 e. The molecule has 3 unspecified atom stereocenters. The van der Waals surface area contributed by atoms with Gasteiger partial charge in [-0.25, -0.2) is 0 Å². The molecule has 0 aliphatic rings. The zero-order valence-corrected chi connectivity index (χ0v) is 40.1. The minimum Gasteiger partial charge on any atom is -0.394 e. The molecule has 3 atom stereocenters. The van der Waals surface area contributed by atoms with Crippen molar-refractivity contribution < 1.29 is 20.1 Å². The summed E-state index contributed by atoms with van der Waals surface area (Å²) in [6.45, 7) is 4.16. The minimum atomic E-state index is -0.959. The molecule has 0 spiro atoms. The molecule has 0 bridgehead atoms. The summed E-state index contributed by atoms with van der Waals surface area (Å²) in [6.07, 6.45) is 65.9. The van der Waals surface area contributed by atoms with Crippen LogP contribution in [0.5, 0.6) is 0 Å². The van der Waals surface area contributed by atoms with Gasteiger partial charge in [0.15, 0.2) is 0 Å². The number of rotatable bonds is 48. The molecule has 0 aromatic rings. The smallest absolute Gasteiger partial charge is 0.222 e. The lowest BCUT2D eigenvalue weighted by atomic mass is 10.0. The van der Waals surface area contributed by atoms with Gasteiger partial charge in [-0.05, 0) is 64.2 Å². The third-order valence-electron chi connectivity index (χ3n) is 12.1. The van der Waals surface area contributed by atoms with Crippen molar-refractivity contribution in [2.75, 3.05) is 6.61 Å². The van der Waals surface area contributed by atoms with Crippen LogP contribution in [0.3, 0.4) is 0 Å². The number of unbranched alkanes of at least 4 members (excludes halogenated alkanes) is 33. The van der Waals surface area contributed by atoms with E-state index < -0.39 is 18.2 Å². The molecule has 5 heteroatoms. The van der Waals surface area contributed by atoms with E-state index in [1.54, 1.807) is 6.08 Å². The number of hydrogen-bond donors (Lipinski definition) is 4. The first-order chi connectivity index (χ1) is 29.5. The van der Waals surface area contributed by atoms with Crippen molar-refractivity contribution >= 4 is 5.91 Å². The van der Waals surface area contributed by atoms with Crippen LogP contribution in [0.2, 0.25) is 0 Å². The van der Waals surface area contributed by atoms with Crippen LogP contribution in [0.4, 0.5) is 0 Å². The lowest BCUT2D eigenvalue weighted by molar-refractivity contribution is -0.124. The van der Waals surface area contributed by atoms with Gasteiger partial charge in [0.1, 0.15) is 0 Å². The molecule has 0 aromatic heterocycles. The van der Waals surface area contributed by atoms with Gasteiger partial charge in [-0.1, -0.05) is 249 Å². The molecule has 5 nitrogen and oxygen atoms in total. The third kappa shape index (κ3) is 45.8. The van der Waals surface area contributed by atoms with E-state index in [9.17, 15) is 20.1 Å². The summed E-state index contributed by atoms with van der Waals surface area (Å²) in [7, 11) is 0. The fourth-order valence-corrected chi connectivity index (χ4v) is 8.00. The van der Waals surface area contributed by atoms with Crippen molar-refractivity contribution in [2.45, 2.75) is 289 Å². The van der Waals surface area contributed by atoms with E-state index in [4.69, 9.17) is 0 Å². The number of carbonyl (C=O) groups excluding carboxylic acids is 1. The number of hydrogen-bond acceptors (Lipinski definition) is 4. The zero-order valence-electron chi connectivity index (χ0n) is 40.1. The summed E-state index contributed by atoms with van der Waals surface area (Å²) in [5, 5.41) is 33.2. The Morgan fingerprint density at radius 2 is 0.733 bits per heavy atom. The molecular formula is C55H103NO4. The van der Waals surface area contributed by atoms with Crippen molar-refractivity contribution in [3.63, 3.8) is 0 Å². The standard InChI is InChI=1S/C55H103NO4/c1-3-5-7-9-11-13-15-17-18-19-20-21-22-23-24-25-26-27-28-29-30-31-32-33-34-35-36-37-38-40-42-44-46-48-52(58)50-55(60)56-53(51-57)54(59)49-47-45-43-41-39-16-14-12-10-8-6-4-2/h10,12,25-26,39,41,47,49,52-54,57-59H,3-9,11,13-24,27-38,40,42-46,48,50-51H2,1-2H3,(H,56,60)/b12-10+,26-25-,41-39+,49-47+. The molecule has 0 rings (SSSR count). The summed E-state index contributed by atoms with van der Waals surface area (Å²) in [4.78, 5) is 12.4. The molecule has 0 radical (unpaired) electrons. The fraction of sp³-hybridized carbons (Fsp3) is 0.836. The molecule has 0 heterocycles. The minimum absolute atomic E-state index is 0.00273. The van der Waals surface area contributed by atoms with Crippen molar-refractivity contribution in [3.8, 4) is 0 Å². The van der Waals surface area contributed by atoms with E-state index in [0.29, 0.717) is 6.42 Å². The van der Waals surface area contributed by atoms with Gasteiger partial charge >= 0.3 is 0 Å². The SMILES string of the molecule is CCCC/C=C/CC/C=C/CC/C=C/C(O)C(CO)NC(=O)CC(O)CCCCCCCCCCCCCCCCC/C=C\CCCCCCCCCCCCCCCC. The van der Waals surface area contributed by atoms with Crippen LogP contribution in [0.1, 0.15) is 271 Å². The van der Waals surface area contributed by atoms with Gasteiger partial charge in [0.25, 0.3) is 0 Å². The van der Waals surface area contributed by atoms with Crippen molar-refractivity contribution in [1.82, 2.24) is 5.32 Å². The van der Waals surface area contributed by atoms with Crippen molar-refractivity contribution in [1.29, 1.82) is 0 Å². The van der Waals surface area contributed by atoms with Gasteiger partial charge in [-0.2, -0.15) is 0 Å². The first-order valence-electron chi connectivity index (χ1n) is 26.4. The summed E-state index contributed by atoms with van der Waals surface area (Å²) in [5.41, 5.74) is 0. The molecule has 0 fully saturated rings. The largest absolute Gasteiger partial charge is 0.394 e. The number of aliphatic hydroxyl groups excluding tert-OH is 3. The Hall–Kier alpha value is -1.69. The lowest BCUT2D eigenvalue weighted by Gasteiger charge is -2.21. The second-order valence-electron chi connectivity index (χ2n) is 18.1. The van der Waals surface area contributed by atoms with Gasteiger partial charge in [-0.15, -0.1) is 0 Å². The Balaban J connectivity index is 3.51. The van der Waals surface area contributed by atoms with E-state index >= 15 is 0 Å². The van der Waals surface area contributed by atoms with Gasteiger partial charge in [0.2, 0.25) is 5.91 Å². The van der Waals surface area contributed by atoms with Gasteiger partial charge in [0.05, 0.1) is 31.3 Å².